The Morgan fingerprint density at radius 1 is 1.21 bits per heavy atom. The van der Waals surface area contributed by atoms with Crippen molar-refractivity contribution in [2.24, 2.45) is 0 Å². The fraction of sp³-hybridized carbons (Fsp3) is 0.250. The molecule has 0 aliphatic carbocycles. The average molecular weight is 294 g/mol. The van der Waals surface area contributed by atoms with Crippen LogP contribution in [0.15, 0.2) is 30.7 Å². The minimum Gasteiger partial charge on any atom is -0.266 e. The number of aryl methyl sites for hydroxylation is 1. The van der Waals surface area contributed by atoms with Gasteiger partial charge in [0, 0.05) is 11.1 Å². The highest BCUT2D eigenvalue weighted by atomic mass is 35.5. The first kappa shape index (κ1) is 12.4. The molecule has 0 aliphatic heterocycles. The van der Waals surface area contributed by atoms with E-state index in [1.807, 2.05) is 47.0 Å². The van der Waals surface area contributed by atoms with Crippen LogP contribution in [-0.4, -0.2) is 24.8 Å². The fourth-order valence-corrected chi connectivity index (χ4v) is 2.88. The number of rotatable bonds is 4. The van der Waals surface area contributed by atoms with E-state index in [1.165, 1.54) is 0 Å². The summed E-state index contributed by atoms with van der Waals surface area (Å²) in [6, 6.07) is 3.90. The summed E-state index contributed by atoms with van der Waals surface area (Å²) in [5.74, 6) is 0. The first-order valence-corrected chi connectivity index (χ1v) is 7.01. The predicted molar refractivity (Wildman–Crippen MR) is 74.5 cm³/mol. The largest absolute Gasteiger partial charge is 0.266 e. The molecule has 0 bridgehead atoms. The SMILES string of the molecule is Cc1cnn(Cc2cn(Cc3ccc(Cl)s3)nn2)c1. The minimum absolute atomic E-state index is 0.638. The third-order valence-electron chi connectivity index (χ3n) is 2.62. The Hall–Kier alpha value is -1.66. The molecule has 98 valence electrons. The molecule has 5 nitrogen and oxygen atoms in total. The van der Waals surface area contributed by atoms with E-state index in [0.717, 1.165) is 20.5 Å². The number of aromatic nitrogens is 5. The maximum atomic E-state index is 5.90. The molecule has 7 heteroatoms. The van der Waals surface area contributed by atoms with Gasteiger partial charge in [-0.2, -0.15) is 5.10 Å². The molecule has 0 radical (unpaired) electrons. The molecule has 3 rings (SSSR count). The van der Waals surface area contributed by atoms with E-state index in [4.69, 9.17) is 11.6 Å². The molecule has 0 aliphatic rings. The first-order chi connectivity index (χ1) is 9.19. The first-order valence-electron chi connectivity index (χ1n) is 5.81. The molecule has 19 heavy (non-hydrogen) atoms. The molecule has 3 heterocycles. The number of halogens is 1. The van der Waals surface area contributed by atoms with E-state index in [-0.39, 0.29) is 0 Å². The highest BCUT2D eigenvalue weighted by molar-refractivity contribution is 7.16. The van der Waals surface area contributed by atoms with Crippen molar-refractivity contribution in [3.05, 3.63) is 51.2 Å². The fourth-order valence-electron chi connectivity index (χ4n) is 1.80. The molecule has 0 fully saturated rings. The van der Waals surface area contributed by atoms with Crippen molar-refractivity contribution in [1.29, 1.82) is 0 Å². The topological polar surface area (TPSA) is 48.5 Å². The van der Waals surface area contributed by atoms with E-state index in [1.54, 1.807) is 11.3 Å². The molecular weight excluding hydrogens is 282 g/mol. The summed E-state index contributed by atoms with van der Waals surface area (Å²) in [5, 5.41) is 12.5. The molecule has 0 amide bonds. The second kappa shape index (κ2) is 5.14. The third-order valence-corrected chi connectivity index (χ3v) is 3.84. The van der Waals surface area contributed by atoms with E-state index in [2.05, 4.69) is 15.4 Å². The van der Waals surface area contributed by atoms with Crippen molar-refractivity contribution in [1.82, 2.24) is 24.8 Å². The normalized spacial score (nSPS) is 11.1. The van der Waals surface area contributed by atoms with Gasteiger partial charge in [0.15, 0.2) is 0 Å². The second-order valence-corrected chi connectivity index (χ2v) is 6.13. The number of hydrogen-bond donors (Lipinski definition) is 0. The van der Waals surface area contributed by atoms with Gasteiger partial charge < -0.3 is 0 Å². The van der Waals surface area contributed by atoms with Crippen LogP contribution in [0.25, 0.3) is 0 Å². The van der Waals surface area contributed by atoms with Gasteiger partial charge in [-0.25, -0.2) is 4.68 Å². The van der Waals surface area contributed by atoms with Gasteiger partial charge in [-0.05, 0) is 24.6 Å². The van der Waals surface area contributed by atoms with Crippen LogP contribution in [0.3, 0.4) is 0 Å². The quantitative estimate of drug-likeness (QED) is 0.743. The summed E-state index contributed by atoms with van der Waals surface area (Å²) < 4.78 is 4.46. The van der Waals surface area contributed by atoms with Gasteiger partial charge in [-0.1, -0.05) is 16.8 Å². The van der Waals surface area contributed by atoms with Gasteiger partial charge in [-0.3, -0.25) is 4.68 Å². The van der Waals surface area contributed by atoms with Crippen LogP contribution in [0.2, 0.25) is 4.34 Å². The summed E-state index contributed by atoms with van der Waals surface area (Å²) >= 11 is 7.46. The predicted octanol–water partition coefficient (Wildman–Crippen LogP) is 2.59. The summed E-state index contributed by atoms with van der Waals surface area (Å²) in [6.45, 7) is 3.35. The van der Waals surface area contributed by atoms with Crippen LogP contribution in [-0.2, 0) is 13.1 Å². The lowest BCUT2D eigenvalue weighted by Gasteiger charge is -1.96. The third kappa shape index (κ3) is 3.02. The Balaban J connectivity index is 1.69. The minimum atomic E-state index is 0.638. The Kier molecular flexibility index (Phi) is 3.35. The molecule has 3 aromatic rings. The van der Waals surface area contributed by atoms with Crippen molar-refractivity contribution >= 4 is 22.9 Å². The van der Waals surface area contributed by atoms with E-state index in [9.17, 15) is 0 Å². The molecular formula is C12H12ClN5S. The van der Waals surface area contributed by atoms with Crippen LogP contribution < -0.4 is 0 Å². The molecule has 0 saturated heterocycles. The smallest absolute Gasteiger partial charge is 0.104 e. The van der Waals surface area contributed by atoms with Crippen molar-refractivity contribution in [2.75, 3.05) is 0 Å². The maximum absolute atomic E-state index is 5.90. The van der Waals surface area contributed by atoms with Gasteiger partial charge in [0.05, 0.1) is 29.8 Å². The van der Waals surface area contributed by atoms with Gasteiger partial charge in [0.25, 0.3) is 0 Å². The van der Waals surface area contributed by atoms with E-state index < -0.39 is 0 Å². The Morgan fingerprint density at radius 2 is 2.11 bits per heavy atom. The summed E-state index contributed by atoms with van der Waals surface area (Å²) in [5.41, 5.74) is 2.03. The Labute approximate surface area is 119 Å². The van der Waals surface area contributed by atoms with Gasteiger partial charge in [0.1, 0.15) is 5.69 Å². The summed E-state index contributed by atoms with van der Waals surface area (Å²) in [6.07, 6.45) is 5.75. The van der Waals surface area contributed by atoms with Gasteiger partial charge >= 0.3 is 0 Å². The summed E-state index contributed by atoms with van der Waals surface area (Å²) in [7, 11) is 0. The zero-order chi connectivity index (χ0) is 13.2. The van der Waals surface area contributed by atoms with Crippen LogP contribution in [0.4, 0.5) is 0 Å². The Morgan fingerprint density at radius 3 is 2.79 bits per heavy atom. The standard InChI is InChI=1S/C12H12ClN5S/c1-9-4-14-17(5-9)6-10-7-18(16-15-10)8-11-2-3-12(13)19-11/h2-5,7H,6,8H2,1H3. The second-order valence-electron chi connectivity index (χ2n) is 4.33. The van der Waals surface area contributed by atoms with Crippen LogP contribution in [0.1, 0.15) is 16.1 Å². The maximum Gasteiger partial charge on any atom is 0.104 e. The van der Waals surface area contributed by atoms with E-state index >= 15 is 0 Å². The number of thiophene rings is 1. The zero-order valence-electron chi connectivity index (χ0n) is 10.3. The number of nitrogens with zero attached hydrogens (tertiary/aromatic N) is 5. The van der Waals surface area contributed by atoms with Gasteiger partial charge in [-0.15, -0.1) is 16.4 Å². The van der Waals surface area contributed by atoms with Crippen LogP contribution in [0.5, 0.6) is 0 Å². The zero-order valence-corrected chi connectivity index (χ0v) is 11.9. The van der Waals surface area contributed by atoms with Gasteiger partial charge in [0.2, 0.25) is 0 Å². The van der Waals surface area contributed by atoms with Crippen LogP contribution in [0, 0.1) is 6.92 Å². The van der Waals surface area contributed by atoms with Crippen LogP contribution >= 0.6 is 22.9 Å². The highest BCUT2D eigenvalue weighted by Gasteiger charge is 2.05. The molecule has 0 aromatic carbocycles. The molecule has 0 spiro atoms. The van der Waals surface area contributed by atoms with Crippen molar-refractivity contribution < 1.29 is 0 Å². The Bertz CT molecular complexity index is 627. The molecule has 0 unspecified atom stereocenters. The lowest BCUT2D eigenvalue weighted by Crippen LogP contribution is -2.00. The summed E-state index contributed by atoms with van der Waals surface area (Å²) in [4.78, 5) is 1.16. The number of hydrogen-bond acceptors (Lipinski definition) is 4. The molecule has 0 N–H and O–H groups in total. The van der Waals surface area contributed by atoms with Crippen molar-refractivity contribution in [3.8, 4) is 0 Å². The van der Waals surface area contributed by atoms with Crippen molar-refractivity contribution in [2.45, 2.75) is 20.0 Å². The van der Waals surface area contributed by atoms with E-state index in [0.29, 0.717) is 13.1 Å². The molecule has 0 atom stereocenters. The monoisotopic (exact) mass is 293 g/mol. The lowest BCUT2D eigenvalue weighted by molar-refractivity contribution is 0.650. The average Bonchev–Trinajstić information content (AvgIpc) is 3.05. The highest BCUT2D eigenvalue weighted by Crippen LogP contribution is 2.21. The van der Waals surface area contributed by atoms with Crippen molar-refractivity contribution in [3.63, 3.8) is 0 Å². The molecule has 3 aromatic heterocycles. The molecule has 0 saturated carbocycles. The lowest BCUT2D eigenvalue weighted by atomic mass is 10.4.